The van der Waals surface area contributed by atoms with E-state index < -0.39 is 6.29 Å². The predicted molar refractivity (Wildman–Crippen MR) is 61.1 cm³/mol. The van der Waals surface area contributed by atoms with Gasteiger partial charge in [0.05, 0.1) is 12.2 Å². The summed E-state index contributed by atoms with van der Waals surface area (Å²) in [5.74, 6) is 0. The van der Waals surface area contributed by atoms with E-state index in [9.17, 15) is 5.11 Å². The van der Waals surface area contributed by atoms with Crippen molar-refractivity contribution < 1.29 is 19.7 Å². The van der Waals surface area contributed by atoms with Crippen molar-refractivity contribution in [2.45, 2.75) is 63.9 Å². The molecule has 0 bridgehead atoms. The molecule has 2 N–H and O–H groups in total. The minimum atomic E-state index is -0.681. The van der Waals surface area contributed by atoms with E-state index in [1.807, 2.05) is 0 Å². The van der Waals surface area contributed by atoms with Gasteiger partial charge in [-0.1, -0.05) is 19.8 Å². The van der Waals surface area contributed by atoms with Crippen LogP contribution < -0.4 is 0 Å². The molecule has 96 valence electrons. The lowest BCUT2D eigenvalue weighted by molar-refractivity contribution is -0.155. The Hall–Kier alpha value is -0.160. The Labute approximate surface area is 97.6 Å². The average molecular weight is 232 g/mol. The van der Waals surface area contributed by atoms with Gasteiger partial charge in [-0.2, -0.15) is 0 Å². The number of hydrogen-bond donors (Lipinski definition) is 2. The topological polar surface area (TPSA) is 58.9 Å². The molecule has 4 heteroatoms. The van der Waals surface area contributed by atoms with Crippen molar-refractivity contribution >= 4 is 0 Å². The second kappa shape index (κ2) is 8.01. The van der Waals surface area contributed by atoms with Crippen molar-refractivity contribution in [1.29, 1.82) is 0 Å². The second-order valence-corrected chi connectivity index (χ2v) is 4.34. The fourth-order valence-electron chi connectivity index (χ4n) is 2.02. The van der Waals surface area contributed by atoms with E-state index in [1.165, 1.54) is 0 Å². The number of unbranched alkanes of at least 4 members (excludes halogenated alkanes) is 2. The molecule has 0 aliphatic carbocycles. The average Bonchev–Trinajstić information content (AvgIpc) is 2.67. The number of hydrogen-bond acceptors (Lipinski definition) is 4. The van der Waals surface area contributed by atoms with Gasteiger partial charge < -0.3 is 19.7 Å². The first kappa shape index (κ1) is 13.9. The minimum Gasteiger partial charge on any atom is -0.396 e. The third-order valence-corrected chi connectivity index (χ3v) is 2.95. The molecule has 1 rings (SSSR count). The standard InChI is InChI=1S/C12H24O4/c1-2-3-4-5-12(14)16-11-7-9-15-10(11)6-8-13/h10-14H,2-9H2,1H3/t10-,11?,12?/m1/s1. The number of ether oxygens (including phenoxy) is 2. The molecule has 0 spiro atoms. The Bertz CT molecular complexity index is 174. The van der Waals surface area contributed by atoms with Gasteiger partial charge in [0.15, 0.2) is 6.29 Å². The molecule has 0 amide bonds. The third kappa shape index (κ3) is 4.78. The lowest BCUT2D eigenvalue weighted by Gasteiger charge is -2.21. The molecule has 0 radical (unpaired) electrons. The quantitative estimate of drug-likeness (QED) is 0.491. The predicted octanol–water partition coefficient (Wildman–Crippen LogP) is 1.44. The summed E-state index contributed by atoms with van der Waals surface area (Å²) in [4.78, 5) is 0. The molecule has 4 nitrogen and oxygen atoms in total. The minimum absolute atomic E-state index is 0.0502. The fraction of sp³-hybridized carbons (Fsp3) is 1.00. The summed E-state index contributed by atoms with van der Waals surface area (Å²) < 4.78 is 11.0. The van der Waals surface area contributed by atoms with Crippen LogP contribution in [0.15, 0.2) is 0 Å². The van der Waals surface area contributed by atoms with Crippen LogP contribution in [0, 0.1) is 0 Å². The summed E-state index contributed by atoms with van der Waals surface area (Å²) in [6, 6.07) is 0. The number of aliphatic hydroxyl groups excluding tert-OH is 2. The van der Waals surface area contributed by atoms with Gasteiger partial charge in [-0.05, 0) is 25.7 Å². The highest BCUT2D eigenvalue weighted by Crippen LogP contribution is 2.21. The molecule has 0 saturated carbocycles. The monoisotopic (exact) mass is 232 g/mol. The van der Waals surface area contributed by atoms with Crippen LogP contribution in [0.25, 0.3) is 0 Å². The Morgan fingerprint density at radius 2 is 2.25 bits per heavy atom. The lowest BCUT2D eigenvalue weighted by Crippen LogP contribution is -2.30. The molecule has 0 aromatic heterocycles. The first-order valence-electron chi connectivity index (χ1n) is 6.34. The lowest BCUT2D eigenvalue weighted by atomic mass is 10.1. The molecule has 1 heterocycles. The van der Waals surface area contributed by atoms with E-state index in [0.717, 1.165) is 25.7 Å². The first-order valence-corrected chi connectivity index (χ1v) is 6.34. The molecule has 1 saturated heterocycles. The summed E-state index contributed by atoms with van der Waals surface area (Å²) in [5, 5.41) is 18.5. The highest BCUT2D eigenvalue weighted by Gasteiger charge is 2.30. The summed E-state index contributed by atoms with van der Waals surface area (Å²) in [6.07, 6.45) is 4.58. The van der Waals surface area contributed by atoms with Crippen molar-refractivity contribution in [2.75, 3.05) is 13.2 Å². The van der Waals surface area contributed by atoms with Crippen LogP contribution in [0.3, 0.4) is 0 Å². The van der Waals surface area contributed by atoms with Crippen LogP contribution in [0.1, 0.15) is 45.4 Å². The molecule has 1 aliphatic heterocycles. The molecule has 3 atom stereocenters. The molecular formula is C12H24O4. The van der Waals surface area contributed by atoms with E-state index in [1.54, 1.807) is 0 Å². The largest absolute Gasteiger partial charge is 0.396 e. The van der Waals surface area contributed by atoms with Gasteiger partial charge in [0.1, 0.15) is 0 Å². The summed E-state index contributed by atoms with van der Waals surface area (Å²) in [5.41, 5.74) is 0. The number of rotatable bonds is 8. The fourth-order valence-corrected chi connectivity index (χ4v) is 2.02. The Kier molecular flexibility index (Phi) is 6.96. The summed E-state index contributed by atoms with van der Waals surface area (Å²) in [7, 11) is 0. The Morgan fingerprint density at radius 3 is 2.94 bits per heavy atom. The van der Waals surface area contributed by atoms with Crippen LogP contribution in [-0.4, -0.2) is 41.9 Å². The smallest absolute Gasteiger partial charge is 0.155 e. The first-order chi connectivity index (χ1) is 7.77. The van der Waals surface area contributed by atoms with E-state index in [4.69, 9.17) is 14.6 Å². The van der Waals surface area contributed by atoms with Gasteiger partial charge in [-0.15, -0.1) is 0 Å². The zero-order valence-corrected chi connectivity index (χ0v) is 10.1. The third-order valence-electron chi connectivity index (χ3n) is 2.95. The van der Waals surface area contributed by atoms with Crippen LogP contribution in [0.4, 0.5) is 0 Å². The summed E-state index contributed by atoms with van der Waals surface area (Å²) in [6.45, 7) is 2.91. The van der Waals surface area contributed by atoms with Crippen molar-refractivity contribution in [2.24, 2.45) is 0 Å². The molecule has 0 aromatic carbocycles. The highest BCUT2D eigenvalue weighted by atomic mass is 16.6. The van der Waals surface area contributed by atoms with Crippen molar-refractivity contribution in [3.05, 3.63) is 0 Å². The maximum atomic E-state index is 9.68. The Morgan fingerprint density at radius 1 is 1.44 bits per heavy atom. The van der Waals surface area contributed by atoms with Crippen LogP contribution in [0.2, 0.25) is 0 Å². The van der Waals surface area contributed by atoms with E-state index in [0.29, 0.717) is 19.4 Å². The van der Waals surface area contributed by atoms with Crippen molar-refractivity contribution in [3.63, 3.8) is 0 Å². The molecule has 1 aliphatic rings. The van der Waals surface area contributed by atoms with E-state index >= 15 is 0 Å². The normalized spacial score (nSPS) is 27.2. The zero-order chi connectivity index (χ0) is 11.8. The molecule has 16 heavy (non-hydrogen) atoms. The highest BCUT2D eigenvalue weighted by molar-refractivity contribution is 4.77. The van der Waals surface area contributed by atoms with Gasteiger partial charge in [0.25, 0.3) is 0 Å². The Balaban J connectivity index is 2.18. The van der Waals surface area contributed by atoms with Crippen molar-refractivity contribution in [3.8, 4) is 0 Å². The molecule has 2 unspecified atom stereocenters. The maximum Gasteiger partial charge on any atom is 0.155 e. The molecule has 0 aromatic rings. The molecular weight excluding hydrogens is 208 g/mol. The van der Waals surface area contributed by atoms with E-state index in [-0.39, 0.29) is 18.8 Å². The second-order valence-electron chi connectivity index (χ2n) is 4.34. The van der Waals surface area contributed by atoms with Gasteiger partial charge in [-0.3, -0.25) is 0 Å². The van der Waals surface area contributed by atoms with Gasteiger partial charge in [-0.25, -0.2) is 0 Å². The van der Waals surface area contributed by atoms with Crippen LogP contribution in [-0.2, 0) is 9.47 Å². The molecule has 1 fully saturated rings. The number of aliphatic hydroxyl groups is 2. The van der Waals surface area contributed by atoms with E-state index in [2.05, 4.69) is 6.92 Å². The van der Waals surface area contributed by atoms with Gasteiger partial charge in [0.2, 0.25) is 0 Å². The van der Waals surface area contributed by atoms with Gasteiger partial charge in [0, 0.05) is 13.2 Å². The summed E-state index contributed by atoms with van der Waals surface area (Å²) >= 11 is 0. The van der Waals surface area contributed by atoms with Crippen LogP contribution in [0.5, 0.6) is 0 Å². The zero-order valence-electron chi connectivity index (χ0n) is 10.1. The van der Waals surface area contributed by atoms with Gasteiger partial charge >= 0.3 is 0 Å². The van der Waals surface area contributed by atoms with Crippen molar-refractivity contribution in [1.82, 2.24) is 0 Å². The van der Waals surface area contributed by atoms with Crippen LogP contribution >= 0.6 is 0 Å². The maximum absolute atomic E-state index is 9.68. The SMILES string of the molecule is CCCCCC(O)OC1CCO[C@@H]1CCO.